The molecule has 8 bridgehead atoms. The van der Waals surface area contributed by atoms with Crippen LogP contribution in [0.4, 0.5) is 0 Å². The molecular weight excluding hydrogens is 1500 g/mol. The van der Waals surface area contributed by atoms with Crippen LogP contribution in [-0.2, 0) is 50.1 Å². The largest absolute Gasteiger partial charge is 0.354 e. The minimum absolute atomic E-state index is 0.0148. The normalized spacial score (nSPS) is 13.3. The molecule has 32 heteroatoms. The topological polar surface area (TPSA) is 244 Å². The quantitative estimate of drug-likeness (QED) is 0.0574. The maximum Gasteiger partial charge on any atom is 0.245 e. The summed E-state index contributed by atoms with van der Waals surface area (Å²) in [6.07, 6.45) is 6.01. The second-order valence-electron chi connectivity index (χ2n) is 21.5. The van der Waals surface area contributed by atoms with E-state index in [0.717, 1.165) is 4.31 Å². The van der Waals surface area contributed by atoms with E-state index in [-0.39, 0.29) is 200 Å². The Morgan fingerprint density at radius 2 is 0.521 bits per heavy atom. The van der Waals surface area contributed by atoms with Gasteiger partial charge in [-0.05, 0) is 91.0 Å². The van der Waals surface area contributed by atoms with Crippen LogP contribution in [0.2, 0.25) is 40.2 Å². The number of nitrogens with one attached hydrogen (secondary N) is 2. The van der Waals surface area contributed by atoms with Gasteiger partial charge in [0.05, 0.1) is 74.0 Å². The molecule has 0 unspecified atom stereocenters. The molecule has 96 heavy (non-hydrogen) atoms. The molecule has 0 aliphatic carbocycles. The highest BCUT2D eigenvalue weighted by molar-refractivity contribution is 7.90. The fraction of sp³-hybridized carbons (Fsp3) is 0.312. The molecule has 0 saturated carbocycles. The maximum absolute atomic E-state index is 15.9. The Kier molecular flexibility index (Phi) is 23.2. The monoisotopic (exact) mass is 1560 g/mol. The van der Waals surface area contributed by atoms with E-state index >= 15 is 8.42 Å². The van der Waals surface area contributed by atoms with Crippen molar-refractivity contribution in [3.8, 4) is 44.5 Å². The first-order valence-electron chi connectivity index (χ1n) is 30.4. The zero-order chi connectivity index (χ0) is 70.6. The van der Waals surface area contributed by atoms with Crippen LogP contribution in [0.15, 0.2) is 91.2 Å². The first kappa shape index (κ1) is 75.5. The first-order valence-corrected chi connectivity index (χ1v) is 40.7. The third kappa shape index (κ3) is 13.1. The molecule has 5 heterocycles. The lowest BCUT2D eigenvalue weighted by atomic mass is 10.0. The summed E-state index contributed by atoms with van der Waals surface area (Å²) in [7, 11) is -22.4. The number of rotatable bonds is 24. The minimum Gasteiger partial charge on any atom is -0.354 e. The van der Waals surface area contributed by atoms with Crippen LogP contribution in [-0.4, -0.2) is 149 Å². The van der Waals surface area contributed by atoms with E-state index in [0.29, 0.717) is 0 Å². The van der Waals surface area contributed by atoms with Gasteiger partial charge in [-0.1, -0.05) is 162 Å². The Balaban J connectivity index is 1.67. The van der Waals surface area contributed by atoms with Crippen molar-refractivity contribution in [1.29, 1.82) is 0 Å². The summed E-state index contributed by atoms with van der Waals surface area (Å²) in [5.41, 5.74) is -1.09. The molecule has 2 aliphatic rings. The van der Waals surface area contributed by atoms with E-state index in [2.05, 4.69) is 9.97 Å². The predicted octanol–water partition coefficient (Wildman–Crippen LogP) is 16.7. The van der Waals surface area contributed by atoms with Crippen LogP contribution in [0, 0.1) is 0 Å². The molecule has 0 spiro atoms. The highest BCUT2D eigenvalue weighted by Gasteiger charge is 2.37. The first-order chi connectivity index (χ1) is 45.3. The Hall–Kier alpha value is -4.65. The summed E-state index contributed by atoms with van der Waals surface area (Å²) in [5, 5.41) is -1.99. The SMILES string of the molecule is CCN(CC)S(=O)(=O)c1ccc(Cl)c(-c2c3nc(c(-c4c(Cl)ccc(S(=O)(=O)N(CC)CC)c4Cl)c4cc(S(=O)(=O)N(CC)CC)c([nH]4)c(-c4c(Cl)ccc(S(=O)(=O)N(CC)CC)c4Cl)c4nc(c(-c5c(Cl)ccc(S(=O)(=O)N(CC)CC)c5Cl)c5ccc2[nH]5)C=C4)C=C3)c1Cl. The van der Waals surface area contributed by atoms with Gasteiger partial charge < -0.3 is 9.97 Å². The molecule has 2 N–H and O–H groups in total. The zero-order valence-electron chi connectivity index (χ0n) is 53.5. The molecule has 9 rings (SSSR count). The summed E-state index contributed by atoms with van der Waals surface area (Å²) in [6, 6.07) is 14.8. The van der Waals surface area contributed by atoms with E-state index in [1.165, 1.54) is 96.1 Å². The highest BCUT2D eigenvalue weighted by atomic mass is 35.5. The van der Waals surface area contributed by atoms with Crippen LogP contribution in [0.1, 0.15) is 92.0 Å². The second-order valence-corrected chi connectivity index (χ2v) is 34.2. The average Bonchev–Trinajstić information content (AvgIpc) is 1.52. The third-order valence-corrected chi connectivity index (χ3v) is 30.4. The molecular formula is C64H67Cl8N9O10S5. The van der Waals surface area contributed by atoms with Crippen LogP contribution in [0.3, 0.4) is 0 Å². The van der Waals surface area contributed by atoms with Gasteiger partial charge in [-0.25, -0.2) is 52.1 Å². The van der Waals surface area contributed by atoms with Gasteiger partial charge in [-0.2, -0.15) is 21.5 Å². The Morgan fingerprint density at radius 3 is 0.781 bits per heavy atom. The predicted molar refractivity (Wildman–Crippen MR) is 391 cm³/mol. The summed E-state index contributed by atoms with van der Waals surface area (Å²) < 4.78 is 155. The smallest absolute Gasteiger partial charge is 0.245 e. The lowest BCUT2D eigenvalue weighted by Crippen LogP contribution is -2.31. The molecule has 514 valence electrons. The highest BCUT2D eigenvalue weighted by Crippen LogP contribution is 2.51. The number of hydrogen-bond acceptors (Lipinski definition) is 12. The molecule has 4 aromatic carbocycles. The number of aromatic nitrogens is 4. The summed E-state index contributed by atoms with van der Waals surface area (Å²) >= 11 is 59.2. The number of fused-ring (bicyclic) bond motifs is 8. The van der Waals surface area contributed by atoms with E-state index in [4.69, 9.17) is 103 Å². The summed E-state index contributed by atoms with van der Waals surface area (Å²) in [5.74, 6) is 0. The molecule has 3 aromatic heterocycles. The van der Waals surface area contributed by atoms with Crippen molar-refractivity contribution in [2.75, 3.05) is 65.4 Å². The van der Waals surface area contributed by atoms with Crippen molar-refractivity contribution in [3.63, 3.8) is 0 Å². The van der Waals surface area contributed by atoms with E-state index in [1.807, 2.05) is 0 Å². The summed E-state index contributed by atoms with van der Waals surface area (Å²) in [4.78, 5) is 15.3. The minimum atomic E-state index is -4.78. The molecule has 19 nitrogen and oxygen atoms in total. The van der Waals surface area contributed by atoms with E-state index < -0.39 is 70.0 Å². The van der Waals surface area contributed by atoms with E-state index in [9.17, 15) is 33.7 Å². The lowest BCUT2D eigenvalue weighted by molar-refractivity contribution is 0.444. The Morgan fingerprint density at radius 1 is 0.292 bits per heavy atom. The number of benzene rings is 4. The molecule has 0 fully saturated rings. The van der Waals surface area contributed by atoms with Crippen molar-refractivity contribution in [3.05, 3.63) is 130 Å². The number of nitrogens with zero attached hydrogens (tertiary/aromatic N) is 7. The number of aromatic amines is 2. The zero-order valence-corrected chi connectivity index (χ0v) is 63.6. The van der Waals surface area contributed by atoms with Crippen molar-refractivity contribution < 1.29 is 42.1 Å². The van der Waals surface area contributed by atoms with Crippen molar-refractivity contribution in [2.45, 2.75) is 93.7 Å². The maximum atomic E-state index is 15.9. The van der Waals surface area contributed by atoms with Gasteiger partial charge in [0.1, 0.15) is 24.5 Å². The van der Waals surface area contributed by atoms with Crippen molar-refractivity contribution in [1.82, 2.24) is 41.5 Å². The van der Waals surface area contributed by atoms with Crippen LogP contribution in [0.5, 0.6) is 0 Å². The van der Waals surface area contributed by atoms with Gasteiger partial charge in [0.15, 0.2) is 0 Å². The van der Waals surface area contributed by atoms with Gasteiger partial charge in [0.25, 0.3) is 0 Å². The molecule has 0 amide bonds. The molecule has 0 radical (unpaired) electrons. The van der Waals surface area contributed by atoms with Gasteiger partial charge in [0.2, 0.25) is 50.1 Å². The lowest BCUT2D eigenvalue weighted by Gasteiger charge is -2.21. The summed E-state index contributed by atoms with van der Waals surface area (Å²) in [6.45, 7) is 16.7. The van der Waals surface area contributed by atoms with Crippen molar-refractivity contribution >= 4 is 189 Å². The molecule has 0 atom stereocenters. The van der Waals surface area contributed by atoms with Crippen molar-refractivity contribution in [2.24, 2.45) is 0 Å². The van der Waals surface area contributed by atoms with Crippen LogP contribution >= 0.6 is 92.8 Å². The Bertz CT molecular complexity index is 5150. The molecule has 7 aromatic rings. The van der Waals surface area contributed by atoms with Gasteiger partial charge in [0, 0.05) is 121 Å². The third-order valence-electron chi connectivity index (χ3n) is 16.7. The fourth-order valence-corrected chi connectivity index (χ4v) is 23.0. The van der Waals surface area contributed by atoms with Gasteiger partial charge in [-0.15, -0.1) is 0 Å². The second kappa shape index (κ2) is 29.5. The number of halogens is 8. The van der Waals surface area contributed by atoms with Gasteiger partial charge in [-0.3, -0.25) is 0 Å². The fourth-order valence-electron chi connectivity index (χ4n) is 11.9. The standard InChI is InChI=1S/C64H67Cl8N9O10S5/c1-11-77(12-2)92(82,83)47-31-21-36(65)52(60(47)69)56-40-25-26-41(73-40)57(53-37(66)22-32-48(61(53)70)93(84,85)78(13-3)14-4)43-29-30-45(75-43)59(55-39(68)24-34-50(63(55)72)95(88,89)80(17-7)18-8)64-51(96(90,91)81(19-9)20-10)35-46(76-64)58(44-28-27-42(56)74-44)54-38(67)23-33-49(62(54)71)94(86,87)79(15-5)16-6/h21-35,73,76H,11-20H2,1-10H3. The molecule has 0 saturated heterocycles. The average molecular weight is 1570 g/mol. The number of sulfonamides is 5. The van der Waals surface area contributed by atoms with Gasteiger partial charge >= 0.3 is 0 Å². The number of H-pyrrole nitrogens is 2. The number of hydrogen-bond donors (Lipinski definition) is 2. The van der Waals surface area contributed by atoms with Crippen LogP contribution in [0.25, 0.3) is 90.9 Å². The van der Waals surface area contributed by atoms with E-state index in [1.54, 1.807) is 81.4 Å². The van der Waals surface area contributed by atoms with Crippen LogP contribution < -0.4 is 0 Å². The molecule has 2 aliphatic heterocycles. The Labute approximate surface area is 600 Å².